The zero-order valence-corrected chi connectivity index (χ0v) is 13.1. The number of rotatable bonds is 2. The minimum atomic E-state index is -0.252. The van der Waals surface area contributed by atoms with E-state index in [2.05, 4.69) is 26.6 Å². The summed E-state index contributed by atoms with van der Waals surface area (Å²) in [6.45, 7) is 0. The Kier molecular flexibility index (Phi) is 3.69. The summed E-state index contributed by atoms with van der Waals surface area (Å²) in [5, 5.41) is 6.02. The summed E-state index contributed by atoms with van der Waals surface area (Å²) >= 11 is 9.29. The summed E-state index contributed by atoms with van der Waals surface area (Å²) in [5.74, 6) is -0.306. The molecule has 0 fully saturated rings. The van der Waals surface area contributed by atoms with Gasteiger partial charge >= 0.3 is 0 Å². The Labute approximate surface area is 134 Å². The molecule has 0 aromatic heterocycles. The summed E-state index contributed by atoms with van der Waals surface area (Å²) in [5.41, 5.74) is 2.69. The summed E-state index contributed by atoms with van der Waals surface area (Å²) in [6, 6.07) is 10.4. The van der Waals surface area contributed by atoms with Gasteiger partial charge < -0.3 is 10.6 Å². The van der Waals surface area contributed by atoms with Gasteiger partial charge in [0.25, 0.3) is 5.91 Å². The molecule has 0 atom stereocenters. The van der Waals surface area contributed by atoms with E-state index in [9.17, 15) is 9.59 Å². The minimum absolute atomic E-state index is 0.0535. The molecule has 0 bridgehead atoms. The standard InChI is InChI=1S/C15H10BrClN2O2/c16-11-4-3-10(7-12(11)17)18-15(21)9-2-1-8-6-14(20)19-13(8)5-9/h1-5,7H,6H2,(H,18,21)(H,19,20). The lowest BCUT2D eigenvalue weighted by atomic mass is 10.1. The van der Waals surface area contributed by atoms with Crippen molar-refractivity contribution >= 4 is 50.7 Å². The Morgan fingerprint density at radius 3 is 2.81 bits per heavy atom. The van der Waals surface area contributed by atoms with Crippen molar-refractivity contribution in [2.75, 3.05) is 10.6 Å². The van der Waals surface area contributed by atoms with Gasteiger partial charge in [-0.15, -0.1) is 0 Å². The number of amides is 2. The van der Waals surface area contributed by atoms with Crippen molar-refractivity contribution in [2.24, 2.45) is 0 Å². The zero-order valence-electron chi connectivity index (χ0n) is 10.7. The zero-order chi connectivity index (χ0) is 15.0. The molecule has 21 heavy (non-hydrogen) atoms. The highest BCUT2D eigenvalue weighted by molar-refractivity contribution is 9.10. The predicted molar refractivity (Wildman–Crippen MR) is 85.9 cm³/mol. The second-order valence-electron chi connectivity index (χ2n) is 4.68. The second-order valence-corrected chi connectivity index (χ2v) is 5.94. The van der Waals surface area contributed by atoms with Crippen molar-refractivity contribution in [3.05, 3.63) is 57.0 Å². The molecule has 2 amide bonds. The maximum absolute atomic E-state index is 12.2. The van der Waals surface area contributed by atoms with Crippen LogP contribution in [-0.4, -0.2) is 11.8 Å². The van der Waals surface area contributed by atoms with Gasteiger partial charge in [-0.2, -0.15) is 0 Å². The van der Waals surface area contributed by atoms with Crippen molar-refractivity contribution in [1.82, 2.24) is 0 Å². The van der Waals surface area contributed by atoms with Gasteiger partial charge in [-0.25, -0.2) is 0 Å². The normalized spacial score (nSPS) is 12.8. The van der Waals surface area contributed by atoms with Crippen LogP contribution >= 0.6 is 27.5 Å². The van der Waals surface area contributed by atoms with E-state index >= 15 is 0 Å². The van der Waals surface area contributed by atoms with Gasteiger partial charge in [-0.05, 0) is 51.8 Å². The molecule has 0 radical (unpaired) electrons. The third-order valence-electron chi connectivity index (χ3n) is 3.17. The van der Waals surface area contributed by atoms with Crippen LogP contribution in [-0.2, 0) is 11.2 Å². The first-order valence-corrected chi connectivity index (χ1v) is 7.39. The van der Waals surface area contributed by atoms with E-state index in [1.807, 2.05) is 0 Å². The fraction of sp³-hybridized carbons (Fsp3) is 0.0667. The Hall–Kier alpha value is -1.85. The summed E-state index contributed by atoms with van der Waals surface area (Å²) in [6.07, 6.45) is 0.361. The number of carbonyl (C=O) groups is 2. The predicted octanol–water partition coefficient (Wildman–Crippen LogP) is 3.85. The van der Waals surface area contributed by atoms with Crippen LogP contribution in [0.15, 0.2) is 40.9 Å². The molecule has 0 spiro atoms. The second kappa shape index (κ2) is 5.50. The van der Waals surface area contributed by atoms with Gasteiger partial charge in [0.2, 0.25) is 5.91 Å². The number of hydrogen-bond donors (Lipinski definition) is 2. The van der Waals surface area contributed by atoms with Gasteiger partial charge in [0, 0.05) is 21.4 Å². The van der Waals surface area contributed by atoms with Crippen molar-refractivity contribution in [1.29, 1.82) is 0 Å². The van der Waals surface area contributed by atoms with Gasteiger partial charge in [-0.1, -0.05) is 17.7 Å². The van der Waals surface area contributed by atoms with Gasteiger partial charge in [0.1, 0.15) is 0 Å². The lowest BCUT2D eigenvalue weighted by Crippen LogP contribution is -2.12. The molecule has 2 N–H and O–H groups in total. The summed E-state index contributed by atoms with van der Waals surface area (Å²) in [7, 11) is 0. The summed E-state index contributed by atoms with van der Waals surface area (Å²) in [4.78, 5) is 23.5. The molecule has 106 valence electrons. The molecule has 2 aromatic carbocycles. The fourth-order valence-corrected chi connectivity index (χ4v) is 2.56. The molecule has 6 heteroatoms. The van der Waals surface area contributed by atoms with E-state index in [0.29, 0.717) is 28.4 Å². The number of fused-ring (bicyclic) bond motifs is 1. The number of hydrogen-bond acceptors (Lipinski definition) is 2. The van der Waals surface area contributed by atoms with Crippen LogP contribution in [0.4, 0.5) is 11.4 Å². The number of benzene rings is 2. The highest BCUT2D eigenvalue weighted by Gasteiger charge is 2.19. The maximum atomic E-state index is 12.2. The monoisotopic (exact) mass is 364 g/mol. The largest absolute Gasteiger partial charge is 0.326 e. The SMILES string of the molecule is O=C1Cc2ccc(C(=O)Nc3ccc(Br)c(Cl)c3)cc2N1. The van der Waals surface area contributed by atoms with Crippen LogP contribution in [0, 0.1) is 0 Å². The van der Waals surface area contributed by atoms with E-state index in [1.54, 1.807) is 36.4 Å². The molecule has 4 nitrogen and oxygen atoms in total. The van der Waals surface area contributed by atoms with Crippen LogP contribution in [0.5, 0.6) is 0 Å². The van der Waals surface area contributed by atoms with Crippen molar-refractivity contribution < 1.29 is 9.59 Å². The molecule has 1 aliphatic rings. The number of halogens is 2. The molecule has 0 aliphatic carbocycles. The molecule has 1 heterocycles. The number of nitrogens with one attached hydrogen (secondary N) is 2. The van der Waals surface area contributed by atoms with Crippen LogP contribution in [0.2, 0.25) is 5.02 Å². The Morgan fingerprint density at radius 2 is 2.05 bits per heavy atom. The molecule has 0 saturated heterocycles. The van der Waals surface area contributed by atoms with Crippen LogP contribution in [0.25, 0.3) is 0 Å². The Balaban J connectivity index is 1.81. The molecule has 0 unspecified atom stereocenters. The first kappa shape index (κ1) is 14.1. The average molecular weight is 366 g/mol. The third kappa shape index (κ3) is 2.94. The highest BCUT2D eigenvalue weighted by Crippen LogP contribution is 2.27. The molecule has 2 aromatic rings. The minimum Gasteiger partial charge on any atom is -0.326 e. The third-order valence-corrected chi connectivity index (χ3v) is 4.41. The van der Waals surface area contributed by atoms with Gasteiger partial charge in [-0.3, -0.25) is 9.59 Å². The molecule has 0 saturated carbocycles. The molecule has 1 aliphatic heterocycles. The quantitative estimate of drug-likeness (QED) is 0.849. The van der Waals surface area contributed by atoms with E-state index in [0.717, 1.165) is 10.0 Å². The van der Waals surface area contributed by atoms with E-state index in [4.69, 9.17) is 11.6 Å². The number of anilines is 2. The molecule has 3 rings (SSSR count). The highest BCUT2D eigenvalue weighted by atomic mass is 79.9. The topological polar surface area (TPSA) is 58.2 Å². The van der Waals surface area contributed by atoms with E-state index in [1.165, 1.54) is 0 Å². The summed E-state index contributed by atoms with van der Waals surface area (Å²) < 4.78 is 0.766. The molecular weight excluding hydrogens is 356 g/mol. The van der Waals surface area contributed by atoms with Crippen molar-refractivity contribution in [2.45, 2.75) is 6.42 Å². The van der Waals surface area contributed by atoms with Crippen LogP contribution in [0.1, 0.15) is 15.9 Å². The first-order chi connectivity index (χ1) is 10.0. The first-order valence-electron chi connectivity index (χ1n) is 6.22. The smallest absolute Gasteiger partial charge is 0.255 e. The van der Waals surface area contributed by atoms with Crippen LogP contribution < -0.4 is 10.6 Å². The van der Waals surface area contributed by atoms with Crippen molar-refractivity contribution in [3.63, 3.8) is 0 Å². The van der Waals surface area contributed by atoms with E-state index < -0.39 is 0 Å². The van der Waals surface area contributed by atoms with Crippen molar-refractivity contribution in [3.8, 4) is 0 Å². The average Bonchev–Trinajstić information content (AvgIpc) is 2.82. The Bertz CT molecular complexity index is 761. The lowest BCUT2D eigenvalue weighted by molar-refractivity contribution is -0.115. The van der Waals surface area contributed by atoms with Gasteiger partial charge in [0.05, 0.1) is 11.4 Å². The number of carbonyl (C=O) groups excluding carboxylic acids is 2. The van der Waals surface area contributed by atoms with Gasteiger partial charge in [0.15, 0.2) is 0 Å². The fourth-order valence-electron chi connectivity index (χ4n) is 2.13. The lowest BCUT2D eigenvalue weighted by Gasteiger charge is -2.08. The molecular formula is C15H10BrClN2O2. The van der Waals surface area contributed by atoms with E-state index in [-0.39, 0.29) is 11.8 Å². The van der Waals surface area contributed by atoms with Crippen LogP contribution in [0.3, 0.4) is 0 Å². The maximum Gasteiger partial charge on any atom is 0.255 e. The Morgan fingerprint density at radius 1 is 1.24 bits per heavy atom.